The summed E-state index contributed by atoms with van der Waals surface area (Å²) < 4.78 is 4.51. The molecule has 2 atom stereocenters. The molecule has 0 fully saturated rings. The van der Waals surface area contributed by atoms with Gasteiger partial charge in [0.1, 0.15) is 35.4 Å². The van der Waals surface area contributed by atoms with Crippen molar-refractivity contribution in [3.63, 3.8) is 0 Å². The quantitative estimate of drug-likeness (QED) is 0.0400. The second-order valence-corrected chi connectivity index (χ2v) is 31.6. The Bertz CT molecular complexity index is 5260. The molecule has 99 heavy (non-hydrogen) atoms. The van der Waals surface area contributed by atoms with Crippen molar-refractivity contribution >= 4 is 99.0 Å². The largest absolute Gasteiger partial charge is 0.289 e. The number of hydrogen-bond donors (Lipinski definition) is 0. The van der Waals surface area contributed by atoms with E-state index in [1.54, 1.807) is 34.8 Å². The molecule has 2 unspecified atom stereocenters. The predicted molar refractivity (Wildman–Crippen MR) is 410 cm³/mol. The Kier molecular flexibility index (Phi) is 18.0. The molecule has 0 saturated carbocycles. The average Bonchev–Trinajstić information content (AvgIpc) is 1.50. The molecule has 6 nitrogen and oxygen atoms in total. The summed E-state index contributed by atoms with van der Waals surface area (Å²) in [5.41, 5.74) is 17.9. The van der Waals surface area contributed by atoms with Gasteiger partial charge in [0.05, 0.1) is 20.2 Å². The van der Waals surface area contributed by atoms with Crippen molar-refractivity contribution in [2.45, 2.75) is 141 Å². The molecule has 4 aromatic heterocycles. The molecule has 10 aromatic rings. The maximum Gasteiger partial charge on any atom is 0.194 e. The summed E-state index contributed by atoms with van der Waals surface area (Å²) in [7, 11) is 0. The van der Waals surface area contributed by atoms with Gasteiger partial charge in [0.25, 0.3) is 0 Å². The first-order chi connectivity index (χ1) is 48.5. The number of rotatable bonds is 21. The fourth-order valence-corrected chi connectivity index (χ4v) is 22.0. The zero-order chi connectivity index (χ0) is 68.1. The minimum Gasteiger partial charge on any atom is -0.289 e. The lowest BCUT2D eigenvalue weighted by atomic mass is 9.64. The number of nitriles is 4. The third-order valence-corrected chi connectivity index (χ3v) is 26.1. The Balaban J connectivity index is 1.00. The van der Waals surface area contributed by atoms with Gasteiger partial charge in [-0.2, -0.15) is 21.0 Å². The molecular formula is C89H74N4O2S4. The summed E-state index contributed by atoms with van der Waals surface area (Å²) in [6.45, 7) is 8.97. The van der Waals surface area contributed by atoms with Gasteiger partial charge in [0.15, 0.2) is 11.6 Å². The number of fused-ring (bicyclic) bond motifs is 12. The van der Waals surface area contributed by atoms with Gasteiger partial charge < -0.3 is 0 Å². The van der Waals surface area contributed by atoms with Gasteiger partial charge in [-0.15, -0.1) is 45.3 Å². The second-order valence-electron chi connectivity index (χ2n) is 27.3. The van der Waals surface area contributed by atoms with E-state index in [2.05, 4.69) is 167 Å². The SMILES string of the molecule is CCCCCCc1ccc(C2(c3ccc(CCCCCC)cc3)c3cc4c(cc3-c3sc5cc(/C=C6\C(=O)c7ccccc7C6=C(C#N)C#N)sc5c32)C(C2=CCC(CCCCCC)C=C2)(c2ccc(C)cc2)c2c-4sc3cc(/C=C4\C(=O)c5ccccc5C4=C(C#N)C#N)sc23)cc1. The molecule has 0 N–H and O–H groups in total. The fraction of sp³-hybridized carbons (Fsp3) is 0.258. The monoisotopic (exact) mass is 1360 g/mol. The Morgan fingerprint density at radius 1 is 0.485 bits per heavy atom. The number of nitrogens with zero attached hydrogens (tertiary/aromatic N) is 4. The molecule has 0 amide bonds. The molecule has 0 bridgehead atoms. The Hall–Kier alpha value is -9.62. The molecule has 5 aliphatic carbocycles. The van der Waals surface area contributed by atoms with Gasteiger partial charge in [-0.1, -0.05) is 230 Å². The summed E-state index contributed by atoms with van der Waals surface area (Å²) in [5.74, 6) is 0.0335. The van der Waals surface area contributed by atoms with Crippen molar-refractivity contribution in [2.75, 3.05) is 0 Å². The van der Waals surface area contributed by atoms with Crippen molar-refractivity contribution in [3.05, 3.63) is 279 Å². The van der Waals surface area contributed by atoms with E-state index in [9.17, 15) is 30.6 Å². The van der Waals surface area contributed by atoms with Crippen LogP contribution >= 0.6 is 45.3 Å². The number of ketones is 2. The van der Waals surface area contributed by atoms with Crippen LogP contribution in [-0.4, -0.2) is 11.6 Å². The number of carbonyl (C=O) groups is 2. The van der Waals surface area contributed by atoms with E-state index in [-0.39, 0.29) is 22.7 Å². The smallest absolute Gasteiger partial charge is 0.194 e. The minimum atomic E-state index is -0.825. The molecule has 0 aliphatic heterocycles. The van der Waals surface area contributed by atoms with Crippen molar-refractivity contribution in [3.8, 4) is 45.2 Å². The summed E-state index contributed by atoms with van der Waals surface area (Å²) in [4.78, 5) is 33.3. The van der Waals surface area contributed by atoms with E-state index in [1.165, 1.54) is 146 Å². The van der Waals surface area contributed by atoms with Crippen LogP contribution in [-0.2, 0) is 23.7 Å². The average molecular weight is 1360 g/mol. The lowest BCUT2D eigenvalue weighted by molar-refractivity contribution is 0.103. The van der Waals surface area contributed by atoms with Crippen LogP contribution in [0.25, 0.3) is 63.0 Å². The fourth-order valence-electron chi connectivity index (χ4n) is 16.5. The zero-order valence-corrected chi connectivity index (χ0v) is 59.6. The van der Waals surface area contributed by atoms with Crippen molar-refractivity contribution in [1.82, 2.24) is 0 Å². The highest BCUT2D eigenvalue weighted by Gasteiger charge is 2.55. The first kappa shape index (κ1) is 65.3. The van der Waals surface area contributed by atoms with E-state index >= 15 is 0 Å². The lowest BCUT2D eigenvalue weighted by Crippen LogP contribution is -2.31. The van der Waals surface area contributed by atoms with Crippen LogP contribution in [0.1, 0.15) is 208 Å². The van der Waals surface area contributed by atoms with Gasteiger partial charge in [0, 0.05) is 73.5 Å². The van der Waals surface area contributed by atoms with E-state index in [4.69, 9.17) is 0 Å². The molecule has 6 aromatic carbocycles. The maximum atomic E-state index is 14.6. The van der Waals surface area contributed by atoms with Gasteiger partial charge in [-0.25, -0.2) is 0 Å². The summed E-state index contributed by atoms with van der Waals surface area (Å²) in [5, 5.41) is 41.6. The van der Waals surface area contributed by atoms with Crippen LogP contribution in [0.4, 0.5) is 0 Å². The molecule has 15 rings (SSSR count). The number of hydrogen-bond acceptors (Lipinski definition) is 10. The number of unbranched alkanes of at least 4 members (excludes halogenated alkanes) is 9. The minimum absolute atomic E-state index is 0.0790. The zero-order valence-electron chi connectivity index (χ0n) is 56.4. The van der Waals surface area contributed by atoms with Gasteiger partial charge >= 0.3 is 0 Å². The van der Waals surface area contributed by atoms with Crippen molar-refractivity contribution in [1.29, 1.82) is 21.0 Å². The molecule has 0 spiro atoms. The highest BCUT2D eigenvalue weighted by atomic mass is 32.1. The van der Waals surface area contributed by atoms with Gasteiger partial charge in [-0.05, 0) is 155 Å². The molecule has 10 heteroatoms. The molecule has 5 aliphatic rings. The van der Waals surface area contributed by atoms with E-state index in [1.807, 2.05) is 71.2 Å². The van der Waals surface area contributed by atoms with Crippen LogP contribution in [0, 0.1) is 58.2 Å². The molecule has 4 heterocycles. The highest BCUT2D eigenvalue weighted by Crippen LogP contribution is 2.69. The summed E-state index contributed by atoms with van der Waals surface area (Å²) in [6, 6.07) is 61.2. The maximum absolute atomic E-state index is 14.6. The van der Waals surface area contributed by atoms with Crippen LogP contribution in [0.15, 0.2) is 192 Å². The highest BCUT2D eigenvalue weighted by molar-refractivity contribution is 7.31. The Labute approximate surface area is 596 Å². The first-order valence-corrected chi connectivity index (χ1v) is 38.6. The van der Waals surface area contributed by atoms with E-state index in [0.717, 1.165) is 67.1 Å². The number of thiophene rings is 4. The van der Waals surface area contributed by atoms with Gasteiger partial charge in [-0.3, -0.25) is 9.59 Å². The molecular weight excluding hydrogens is 1290 g/mol. The van der Waals surface area contributed by atoms with Crippen LogP contribution < -0.4 is 0 Å². The molecule has 0 radical (unpaired) electrons. The van der Waals surface area contributed by atoms with Gasteiger partial charge in [0.2, 0.25) is 0 Å². The number of allylic oxidation sites excluding steroid dienone is 10. The first-order valence-electron chi connectivity index (χ1n) is 35.3. The van der Waals surface area contributed by atoms with E-state index < -0.39 is 10.8 Å². The third kappa shape index (κ3) is 10.9. The van der Waals surface area contributed by atoms with E-state index in [0.29, 0.717) is 50.5 Å². The second kappa shape index (κ2) is 27.2. The predicted octanol–water partition coefficient (Wildman–Crippen LogP) is 24.1. The Morgan fingerprint density at radius 2 is 0.909 bits per heavy atom. The topological polar surface area (TPSA) is 129 Å². The molecule has 486 valence electrons. The van der Waals surface area contributed by atoms with Crippen LogP contribution in [0.2, 0.25) is 0 Å². The summed E-state index contributed by atoms with van der Waals surface area (Å²) in [6.07, 6.45) is 29.7. The number of benzene rings is 6. The van der Waals surface area contributed by atoms with Crippen molar-refractivity contribution < 1.29 is 9.59 Å². The summed E-state index contributed by atoms with van der Waals surface area (Å²) >= 11 is 7.01. The third-order valence-electron chi connectivity index (χ3n) is 21.3. The number of Topliss-reactive ketones (excluding diaryl/α,β-unsaturated/α-hetero) is 2. The molecule has 0 saturated heterocycles. The Morgan fingerprint density at radius 3 is 1.35 bits per heavy atom. The number of aryl methyl sites for hydroxylation is 3. The normalized spacial score (nSPS) is 17.5. The van der Waals surface area contributed by atoms with Crippen LogP contribution in [0.3, 0.4) is 0 Å². The van der Waals surface area contributed by atoms with Crippen LogP contribution in [0.5, 0.6) is 0 Å². The standard InChI is InChI=1S/C89H74N4O2S4/c1-5-8-11-14-21-55-30-38-61(39-31-55)88(60-36-28-54(4)29-37-60)74-48-71-75(49-70(74)84-80(88)86-76(98-84)46-64(96-86)44-72-78(58(50-90)51-91)66-24-17-19-26-68(66)82(72)94)89(62-40-32-56(33-41-62)22-15-12-9-6-2,63-42-34-57(35-43-63)23-16-13-10-7-3)81-85(71)99-77-47-65(97-87(77)81)45-73-79(59(52-92)53-93)67-25-18-20-27-69(67)83(73)95/h17-20,24-30,32-49,55H,5-16,21-23,31H2,1-4H3/b72-44-,73-45-. The lowest BCUT2D eigenvalue weighted by Gasteiger charge is -2.37. The van der Waals surface area contributed by atoms with Crippen molar-refractivity contribution in [2.24, 2.45) is 5.92 Å². The number of carbonyl (C=O) groups excluding carboxylic acids is 2.